The molecule has 3 N–H and O–H groups in total. The van der Waals surface area contributed by atoms with Crippen LogP contribution < -0.4 is 11.1 Å². The SMILES string of the molecule is C=C(Br)c1ccccc1/C(N)=C/C(=O)NC1CCCCC1. The zero-order valence-corrected chi connectivity index (χ0v) is 13.7. The molecule has 0 aromatic heterocycles. The lowest BCUT2D eigenvalue weighted by Crippen LogP contribution is -2.35. The number of benzene rings is 1. The van der Waals surface area contributed by atoms with Crippen molar-refractivity contribution in [3.8, 4) is 0 Å². The minimum Gasteiger partial charge on any atom is -0.398 e. The Morgan fingerprint density at radius 1 is 1.24 bits per heavy atom. The van der Waals surface area contributed by atoms with Gasteiger partial charge >= 0.3 is 0 Å². The summed E-state index contributed by atoms with van der Waals surface area (Å²) < 4.78 is 0.752. The van der Waals surface area contributed by atoms with E-state index in [0.717, 1.165) is 28.5 Å². The van der Waals surface area contributed by atoms with Crippen molar-refractivity contribution in [1.29, 1.82) is 0 Å². The fourth-order valence-electron chi connectivity index (χ4n) is 2.68. The molecule has 1 saturated carbocycles. The molecule has 1 aliphatic carbocycles. The van der Waals surface area contributed by atoms with Crippen molar-refractivity contribution in [3.05, 3.63) is 48.0 Å². The highest BCUT2D eigenvalue weighted by molar-refractivity contribution is 9.15. The number of carbonyl (C=O) groups is 1. The van der Waals surface area contributed by atoms with Gasteiger partial charge in [-0.2, -0.15) is 0 Å². The molecule has 0 aliphatic heterocycles. The molecule has 0 radical (unpaired) electrons. The molecule has 4 heteroatoms. The largest absolute Gasteiger partial charge is 0.398 e. The summed E-state index contributed by atoms with van der Waals surface area (Å²) in [6, 6.07) is 7.92. The van der Waals surface area contributed by atoms with E-state index in [9.17, 15) is 4.79 Å². The number of nitrogens with one attached hydrogen (secondary N) is 1. The highest BCUT2D eigenvalue weighted by Gasteiger charge is 2.15. The van der Waals surface area contributed by atoms with Crippen LogP contribution in [0.3, 0.4) is 0 Å². The van der Waals surface area contributed by atoms with Gasteiger partial charge in [-0.1, -0.05) is 66.0 Å². The fourth-order valence-corrected chi connectivity index (χ4v) is 3.03. The van der Waals surface area contributed by atoms with Crippen LogP contribution in [0.2, 0.25) is 0 Å². The summed E-state index contributed by atoms with van der Waals surface area (Å²) in [5.74, 6) is -0.116. The molecule has 0 saturated heterocycles. The third-order valence-corrected chi connectivity index (χ3v) is 4.20. The van der Waals surface area contributed by atoms with Crippen LogP contribution in [0.4, 0.5) is 0 Å². The minimum absolute atomic E-state index is 0.116. The van der Waals surface area contributed by atoms with E-state index in [-0.39, 0.29) is 11.9 Å². The topological polar surface area (TPSA) is 55.1 Å². The quantitative estimate of drug-likeness (QED) is 0.813. The van der Waals surface area contributed by atoms with Gasteiger partial charge in [0.15, 0.2) is 0 Å². The van der Waals surface area contributed by atoms with Crippen LogP contribution in [0.1, 0.15) is 43.2 Å². The molecule has 2 rings (SSSR count). The van der Waals surface area contributed by atoms with Crippen molar-refractivity contribution >= 4 is 32.0 Å². The third kappa shape index (κ3) is 4.46. The van der Waals surface area contributed by atoms with E-state index in [1.165, 1.54) is 25.3 Å². The molecule has 0 spiro atoms. The molecule has 21 heavy (non-hydrogen) atoms. The van der Waals surface area contributed by atoms with Gasteiger partial charge in [0, 0.05) is 27.9 Å². The molecule has 0 bridgehead atoms. The van der Waals surface area contributed by atoms with Gasteiger partial charge in [0.2, 0.25) is 5.91 Å². The first-order chi connectivity index (χ1) is 10.1. The number of amides is 1. The molecule has 0 unspecified atom stereocenters. The van der Waals surface area contributed by atoms with E-state index in [1.807, 2.05) is 24.3 Å². The Kier molecular flexibility index (Phi) is 5.62. The van der Waals surface area contributed by atoms with Crippen LogP contribution in [0, 0.1) is 0 Å². The minimum atomic E-state index is -0.116. The first kappa shape index (κ1) is 15.8. The van der Waals surface area contributed by atoms with Crippen molar-refractivity contribution in [2.75, 3.05) is 0 Å². The van der Waals surface area contributed by atoms with Crippen LogP contribution in [-0.4, -0.2) is 11.9 Å². The Labute approximate surface area is 134 Å². The molecule has 3 nitrogen and oxygen atoms in total. The smallest absolute Gasteiger partial charge is 0.246 e. The summed E-state index contributed by atoms with van der Waals surface area (Å²) in [5.41, 5.74) is 8.25. The van der Waals surface area contributed by atoms with Crippen molar-refractivity contribution in [3.63, 3.8) is 0 Å². The number of hydrogen-bond acceptors (Lipinski definition) is 2. The molecule has 1 amide bonds. The standard InChI is InChI=1S/C17H21BrN2O/c1-12(18)14-9-5-6-10-15(14)16(19)11-17(21)20-13-7-3-2-4-8-13/h5-6,9-11,13H,1-4,7-8,19H2,(H,20,21)/b16-11-. The number of halogens is 1. The maximum Gasteiger partial charge on any atom is 0.246 e. The fraction of sp³-hybridized carbons (Fsp3) is 0.353. The second kappa shape index (κ2) is 7.46. The first-order valence-corrected chi connectivity index (χ1v) is 8.09. The Hall–Kier alpha value is -1.55. The van der Waals surface area contributed by atoms with E-state index < -0.39 is 0 Å². The lowest BCUT2D eigenvalue weighted by Gasteiger charge is -2.22. The number of carbonyl (C=O) groups excluding carboxylic acids is 1. The Morgan fingerprint density at radius 2 is 1.86 bits per heavy atom. The molecular formula is C17H21BrN2O. The van der Waals surface area contributed by atoms with Crippen molar-refractivity contribution in [1.82, 2.24) is 5.32 Å². The van der Waals surface area contributed by atoms with Crippen LogP contribution in [0.25, 0.3) is 10.2 Å². The van der Waals surface area contributed by atoms with Gasteiger partial charge in [-0.3, -0.25) is 4.79 Å². The van der Waals surface area contributed by atoms with Crippen molar-refractivity contribution < 1.29 is 4.79 Å². The molecule has 1 fully saturated rings. The summed E-state index contributed by atoms with van der Waals surface area (Å²) in [6.07, 6.45) is 7.25. The van der Waals surface area contributed by atoms with Gasteiger partial charge in [-0.15, -0.1) is 0 Å². The summed E-state index contributed by atoms with van der Waals surface area (Å²) in [5, 5.41) is 3.04. The van der Waals surface area contributed by atoms with Crippen LogP contribution >= 0.6 is 15.9 Å². The monoisotopic (exact) mass is 348 g/mol. The molecule has 0 atom stereocenters. The predicted octanol–water partition coefficient (Wildman–Crippen LogP) is 3.80. The second-order valence-corrected chi connectivity index (χ2v) is 6.35. The van der Waals surface area contributed by atoms with E-state index >= 15 is 0 Å². The first-order valence-electron chi connectivity index (χ1n) is 7.30. The van der Waals surface area contributed by atoms with Gasteiger partial charge in [-0.25, -0.2) is 0 Å². The average molecular weight is 349 g/mol. The number of hydrogen-bond donors (Lipinski definition) is 2. The maximum atomic E-state index is 12.1. The molecule has 1 aromatic carbocycles. The Bertz CT molecular complexity index is 560. The van der Waals surface area contributed by atoms with Gasteiger partial charge in [-0.05, 0) is 18.4 Å². The predicted molar refractivity (Wildman–Crippen MR) is 91.6 cm³/mol. The van der Waals surface area contributed by atoms with Crippen molar-refractivity contribution in [2.24, 2.45) is 5.73 Å². The van der Waals surface area contributed by atoms with Gasteiger partial charge < -0.3 is 11.1 Å². The average Bonchev–Trinajstić information content (AvgIpc) is 2.48. The third-order valence-electron chi connectivity index (χ3n) is 3.77. The van der Waals surface area contributed by atoms with Crippen LogP contribution in [0.5, 0.6) is 0 Å². The van der Waals surface area contributed by atoms with Gasteiger partial charge in [0.25, 0.3) is 0 Å². The second-order valence-electron chi connectivity index (χ2n) is 5.39. The van der Waals surface area contributed by atoms with E-state index in [4.69, 9.17) is 5.73 Å². The molecule has 0 heterocycles. The van der Waals surface area contributed by atoms with Crippen molar-refractivity contribution in [2.45, 2.75) is 38.1 Å². The lowest BCUT2D eigenvalue weighted by atomic mass is 9.95. The van der Waals surface area contributed by atoms with Gasteiger partial charge in [0.1, 0.15) is 0 Å². The lowest BCUT2D eigenvalue weighted by molar-refractivity contribution is -0.117. The Balaban J connectivity index is 2.09. The molecular weight excluding hydrogens is 328 g/mol. The van der Waals surface area contributed by atoms with Gasteiger partial charge in [0.05, 0.1) is 0 Å². The number of nitrogens with two attached hydrogens (primary N) is 1. The zero-order chi connectivity index (χ0) is 15.2. The molecule has 1 aromatic rings. The summed E-state index contributed by atoms with van der Waals surface area (Å²) in [6.45, 7) is 3.87. The number of rotatable bonds is 4. The summed E-state index contributed by atoms with van der Waals surface area (Å²) >= 11 is 3.37. The summed E-state index contributed by atoms with van der Waals surface area (Å²) in [4.78, 5) is 12.1. The summed E-state index contributed by atoms with van der Waals surface area (Å²) in [7, 11) is 0. The zero-order valence-electron chi connectivity index (χ0n) is 12.1. The Morgan fingerprint density at radius 3 is 2.48 bits per heavy atom. The van der Waals surface area contributed by atoms with Crippen LogP contribution in [-0.2, 0) is 4.79 Å². The molecule has 1 aliphatic rings. The van der Waals surface area contributed by atoms with Crippen LogP contribution in [0.15, 0.2) is 36.9 Å². The highest BCUT2D eigenvalue weighted by Crippen LogP contribution is 2.25. The maximum absolute atomic E-state index is 12.1. The highest BCUT2D eigenvalue weighted by atomic mass is 79.9. The molecule has 112 valence electrons. The van der Waals surface area contributed by atoms with E-state index in [0.29, 0.717) is 5.70 Å². The van der Waals surface area contributed by atoms with E-state index in [1.54, 1.807) is 0 Å². The van der Waals surface area contributed by atoms with E-state index in [2.05, 4.69) is 27.8 Å². The normalized spacial score (nSPS) is 16.5.